The molecule has 0 radical (unpaired) electrons. The summed E-state index contributed by atoms with van der Waals surface area (Å²) in [6.07, 6.45) is 4.73. The quantitative estimate of drug-likeness (QED) is 0.762. The number of hydrogen-bond acceptors (Lipinski definition) is 3. The molecule has 4 heteroatoms. The van der Waals surface area contributed by atoms with Crippen molar-refractivity contribution in [1.29, 1.82) is 0 Å². The topological polar surface area (TPSA) is 64.3 Å². The summed E-state index contributed by atoms with van der Waals surface area (Å²) in [5.74, 6) is 0.0563. The van der Waals surface area contributed by atoms with Crippen LogP contribution < -0.4 is 11.1 Å². The minimum absolute atomic E-state index is 0.0563. The average molecular weight is 256 g/mol. The summed E-state index contributed by atoms with van der Waals surface area (Å²) in [6.45, 7) is 8.21. The van der Waals surface area contributed by atoms with Gasteiger partial charge in [-0.05, 0) is 38.0 Å². The molecule has 3 N–H and O–H groups in total. The second-order valence-electron chi connectivity index (χ2n) is 6.10. The van der Waals surface area contributed by atoms with Crippen LogP contribution in [0.25, 0.3) is 0 Å². The third-order valence-corrected chi connectivity index (χ3v) is 4.00. The van der Waals surface area contributed by atoms with E-state index in [0.717, 1.165) is 25.7 Å². The largest absolute Gasteiger partial charge is 0.373 e. The van der Waals surface area contributed by atoms with E-state index in [-0.39, 0.29) is 11.5 Å². The van der Waals surface area contributed by atoms with Crippen molar-refractivity contribution in [3.8, 4) is 0 Å². The monoisotopic (exact) mass is 256 g/mol. The molecule has 1 rings (SSSR count). The Bertz CT molecular complexity index is 267. The summed E-state index contributed by atoms with van der Waals surface area (Å²) in [6, 6.07) is 0. The number of carbonyl (C=O) groups is 1. The predicted octanol–water partition coefficient (Wildman–Crippen LogP) is 1.83. The Morgan fingerprint density at radius 1 is 1.28 bits per heavy atom. The number of ether oxygens (including phenoxy) is 1. The van der Waals surface area contributed by atoms with E-state index in [1.807, 2.05) is 6.92 Å². The van der Waals surface area contributed by atoms with E-state index in [1.54, 1.807) is 0 Å². The van der Waals surface area contributed by atoms with Gasteiger partial charge < -0.3 is 15.8 Å². The third-order valence-electron chi connectivity index (χ3n) is 4.00. The van der Waals surface area contributed by atoms with Gasteiger partial charge in [-0.15, -0.1) is 0 Å². The van der Waals surface area contributed by atoms with Gasteiger partial charge in [-0.25, -0.2) is 0 Å². The zero-order valence-corrected chi connectivity index (χ0v) is 12.1. The molecular weight excluding hydrogens is 228 g/mol. The summed E-state index contributed by atoms with van der Waals surface area (Å²) in [5, 5.41) is 2.78. The Labute approximate surface area is 111 Å². The minimum Gasteiger partial charge on any atom is -0.373 e. The Balaban J connectivity index is 2.36. The van der Waals surface area contributed by atoms with E-state index in [9.17, 15) is 4.79 Å². The van der Waals surface area contributed by atoms with Crippen LogP contribution in [-0.4, -0.2) is 31.2 Å². The highest BCUT2D eigenvalue weighted by molar-refractivity contribution is 5.75. The van der Waals surface area contributed by atoms with E-state index in [1.165, 1.54) is 0 Å². The molecule has 1 fully saturated rings. The number of amides is 1. The molecule has 0 heterocycles. The zero-order chi connectivity index (χ0) is 13.6. The van der Waals surface area contributed by atoms with Crippen molar-refractivity contribution < 1.29 is 9.53 Å². The van der Waals surface area contributed by atoms with Gasteiger partial charge in [-0.3, -0.25) is 4.79 Å². The van der Waals surface area contributed by atoms with Crippen LogP contribution in [0.15, 0.2) is 0 Å². The van der Waals surface area contributed by atoms with Crippen molar-refractivity contribution in [3.63, 3.8) is 0 Å². The van der Waals surface area contributed by atoms with Gasteiger partial charge in [0.05, 0.1) is 12.2 Å². The second-order valence-corrected chi connectivity index (χ2v) is 6.10. The lowest BCUT2D eigenvalue weighted by molar-refractivity contribution is -0.126. The van der Waals surface area contributed by atoms with Crippen LogP contribution in [-0.2, 0) is 9.53 Å². The summed E-state index contributed by atoms with van der Waals surface area (Å²) >= 11 is 0. The van der Waals surface area contributed by atoms with E-state index >= 15 is 0 Å². The standard InChI is InChI=1S/C14H28N2O2/c1-4-16-12(17)5-10-18-14(11-15)8-6-13(2,3)7-9-14/h4-11,15H2,1-3H3,(H,16,17). The lowest BCUT2D eigenvalue weighted by Gasteiger charge is -2.42. The molecule has 0 spiro atoms. The number of carbonyl (C=O) groups excluding carboxylic acids is 1. The SMILES string of the molecule is CCNC(=O)CCOC1(CN)CCC(C)(C)CC1. The number of nitrogens with two attached hydrogens (primary N) is 1. The van der Waals surface area contributed by atoms with E-state index < -0.39 is 0 Å². The first-order valence-corrected chi connectivity index (χ1v) is 7.04. The van der Waals surface area contributed by atoms with Gasteiger partial charge in [0, 0.05) is 19.5 Å². The average Bonchev–Trinajstić information content (AvgIpc) is 2.32. The molecule has 0 unspecified atom stereocenters. The van der Waals surface area contributed by atoms with Gasteiger partial charge in [0.25, 0.3) is 0 Å². The van der Waals surface area contributed by atoms with Crippen molar-refractivity contribution in [2.24, 2.45) is 11.1 Å². The zero-order valence-electron chi connectivity index (χ0n) is 12.1. The predicted molar refractivity (Wildman–Crippen MR) is 73.3 cm³/mol. The lowest BCUT2D eigenvalue weighted by Crippen LogP contribution is -2.46. The smallest absolute Gasteiger partial charge is 0.222 e. The van der Waals surface area contributed by atoms with Gasteiger partial charge in [0.1, 0.15) is 0 Å². The van der Waals surface area contributed by atoms with E-state index in [0.29, 0.717) is 31.5 Å². The minimum atomic E-state index is -0.192. The molecule has 0 bridgehead atoms. The Morgan fingerprint density at radius 2 is 1.89 bits per heavy atom. The first-order chi connectivity index (χ1) is 8.43. The van der Waals surface area contributed by atoms with Gasteiger partial charge in [-0.1, -0.05) is 13.8 Å². The van der Waals surface area contributed by atoms with Crippen molar-refractivity contribution >= 4 is 5.91 Å². The normalized spacial score (nSPS) is 21.6. The molecule has 0 aromatic carbocycles. The number of nitrogens with one attached hydrogen (secondary N) is 1. The molecule has 0 aliphatic heterocycles. The van der Waals surface area contributed by atoms with E-state index in [2.05, 4.69) is 19.2 Å². The molecule has 0 aromatic heterocycles. The van der Waals surface area contributed by atoms with Crippen molar-refractivity contribution in [1.82, 2.24) is 5.32 Å². The van der Waals surface area contributed by atoms with Gasteiger partial charge in [0.2, 0.25) is 5.91 Å². The van der Waals surface area contributed by atoms with Crippen molar-refractivity contribution in [2.45, 2.75) is 58.5 Å². The maximum absolute atomic E-state index is 11.4. The molecule has 0 aromatic rings. The molecule has 1 aliphatic rings. The maximum Gasteiger partial charge on any atom is 0.222 e. The number of rotatable bonds is 6. The second kappa shape index (κ2) is 6.53. The highest BCUT2D eigenvalue weighted by atomic mass is 16.5. The summed E-state index contributed by atoms with van der Waals surface area (Å²) in [7, 11) is 0. The van der Waals surface area contributed by atoms with Crippen molar-refractivity contribution in [2.75, 3.05) is 19.7 Å². The van der Waals surface area contributed by atoms with Crippen LogP contribution in [0.4, 0.5) is 0 Å². The molecule has 1 amide bonds. The molecule has 106 valence electrons. The molecule has 0 saturated heterocycles. The number of hydrogen-bond donors (Lipinski definition) is 2. The first kappa shape index (κ1) is 15.4. The fourth-order valence-electron chi connectivity index (χ4n) is 2.44. The molecule has 1 aliphatic carbocycles. The Morgan fingerprint density at radius 3 is 2.39 bits per heavy atom. The first-order valence-electron chi connectivity index (χ1n) is 7.04. The lowest BCUT2D eigenvalue weighted by atomic mass is 9.71. The van der Waals surface area contributed by atoms with Crippen LogP contribution in [0.3, 0.4) is 0 Å². The highest BCUT2D eigenvalue weighted by Crippen LogP contribution is 2.41. The van der Waals surface area contributed by atoms with Crippen LogP contribution >= 0.6 is 0 Å². The summed E-state index contributed by atoms with van der Waals surface area (Å²) < 4.78 is 5.94. The summed E-state index contributed by atoms with van der Waals surface area (Å²) in [4.78, 5) is 11.4. The fourth-order valence-corrected chi connectivity index (χ4v) is 2.44. The van der Waals surface area contributed by atoms with Gasteiger partial charge in [0.15, 0.2) is 0 Å². The van der Waals surface area contributed by atoms with Crippen molar-refractivity contribution in [3.05, 3.63) is 0 Å². The van der Waals surface area contributed by atoms with E-state index in [4.69, 9.17) is 10.5 Å². The molecule has 4 nitrogen and oxygen atoms in total. The Kier molecular flexibility index (Phi) is 5.60. The van der Waals surface area contributed by atoms with Gasteiger partial charge in [-0.2, -0.15) is 0 Å². The molecule has 18 heavy (non-hydrogen) atoms. The fraction of sp³-hybridized carbons (Fsp3) is 0.929. The summed E-state index contributed by atoms with van der Waals surface area (Å²) in [5.41, 5.74) is 6.09. The maximum atomic E-state index is 11.4. The third kappa shape index (κ3) is 4.58. The van der Waals surface area contributed by atoms with Gasteiger partial charge >= 0.3 is 0 Å². The Hall–Kier alpha value is -0.610. The van der Waals surface area contributed by atoms with Crippen LogP contribution in [0.1, 0.15) is 52.9 Å². The van der Waals surface area contributed by atoms with Crippen LogP contribution in [0.2, 0.25) is 0 Å². The molecule has 1 saturated carbocycles. The van der Waals surface area contributed by atoms with Crippen LogP contribution in [0.5, 0.6) is 0 Å². The molecular formula is C14H28N2O2. The van der Waals surface area contributed by atoms with Crippen LogP contribution in [0, 0.1) is 5.41 Å². The molecule has 0 atom stereocenters. The highest BCUT2D eigenvalue weighted by Gasteiger charge is 2.38.